The molecule has 2 aromatic rings. The first-order valence-corrected chi connectivity index (χ1v) is 8.65. The zero-order valence-electron chi connectivity index (χ0n) is 14.6. The number of anilines is 1. The van der Waals surface area contributed by atoms with Gasteiger partial charge in [0.05, 0.1) is 6.10 Å². The van der Waals surface area contributed by atoms with Gasteiger partial charge in [-0.25, -0.2) is 0 Å². The van der Waals surface area contributed by atoms with Gasteiger partial charge in [0.15, 0.2) is 0 Å². The fourth-order valence-corrected chi connectivity index (χ4v) is 2.83. The standard InChI is InChI=1S/C20H24N2O3.ClH/c21-19(15-5-2-1-3-6-15)13-20(23)22-16-8-10-17(11-9-16)25-14-18-7-4-12-24-18;/h1-3,5-6,8-11,18-19H,4,7,12-14,21H2,(H,22,23);1H. The molecule has 0 radical (unpaired) electrons. The molecule has 26 heavy (non-hydrogen) atoms. The van der Waals surface area contributed by atoms with E-state index in [4.69, 9.17) is 15.2 Å². The molecule has 1 saturated heterocycles. The zero-order chi connectivity index (χ0) is 17.5. The Labute approximate surface area is 160 Å². The molecule has 0 spiro atoms. The quantitative estimate of drug-likeness (QED) is 0.772. The van der Waals surface area contributed by atoms with Crippen molar-refractivity contribution in [2.45, 2.75) is 31.4 Å². The van der Waals surface area contributed by atoms with Crippen molar-refractivity contribution >= 4 is 24.0 Å². The van der Waals surface area contributed by atoms with Crippen LogP contribution < -0.4 is 15.8 Å². The summed E-state index contributed by atoms with van der Waals surface area (Å²) in [5.41, 5.74) is 7.77. The average Bonchev–Trinajstić information content (AvgIpc) is 3.15. The second-order valence-corrected chi connectivity index (χ2v) is 6.24. The van der Waals surface area contributed by atoms with Crippen LogP contribution in [0.15, 0.2) is 54.6 Å². The van der Waals surface area contributed by atoms with Gasteiger partial charge in [0.2, 0.25) is 5.91 Å². The molecule has 0 aliphatic carbocycles. The van der Waals surface area contributed by atoms with Crippen molar-refractivity contribution in [1.29, 1.82) is 0 Å². The van der Waals surface area contributed by atoms with Crippen LogP contribution in [0.5, 0.6) is 5.75 Å². The third kappa shape index (κ3) is 6.02. The molecule has 0 aromatic heterocycles. The van der Waals surface area contributed by atoms with Crippen molar-refractivity contribution < 1.29 is 14.3 Å². The van der Waals surface area contributed by atoms with Crippen LogP contribution in [0, 0.1) is 0 Å². The van der Waals surface area contributed by atoms with E-state index in [1.165, 1.54) is 0 Å². The summed E-state index contributed by atoms with van der Waals surface area (Å²) in [5.74, 6) is 0.666. The van der Waals surface area contributed by atoms with Crippen LogP contribution in [0.25, 0.3) is 0 Å². The molecular weight excluding hydrogens is 352 g/mol. The molecule has 1 aliphatic heterocycles. The Morgan fingerprint density at radius 2 is 1.92 bits per heavy atom. The fourth-order valence-electron chi connectivity index (χ4n) is 2.83. The van der Waals surface area contributed by atoms with Gasteiger partial charge in [0, 0.05) is 24.8 Å². The molecule has 140 valence electrons. The summed E-state index contributed by atoms with van der Waals surface area (Å²) >= 11 is 0. The first-order chi connectivity index (χ1) is 12.2. The number of nitrogens with two attached hydrogens (primary N) is 1. The summed E-state index contributed by atoms with van der Waals surface area (Å²) in [7, 11) is 0. The van der Waals surface area contributed by atoms with Gasteiger partial charge in [-0.3, -0.25) is 4.79 Å². The summed E-state index contributed by atoms with van der Waals surface area (Å²) in [6, 6.07) is 16.7. The second kappa shape index (κ2) is 10.2. The smallest absolute Gasteiger partial charge is 0.226 e. The predicted octanol–water partition coefficient (Wildman–Crippen LogP) is 3.69. The Kier molecular flexibility index (Phi) is 7.91. The molecule has 0 bridgehead atoms. The second-order valence-electron chi connectivity index (χ2n) is 6.24. The molecule has 3 N–H and O–H groups in total. The minimum Gasteiger partial charge on any atom is -0.491 e. The average molecular weight is 377 g/mol. The van der Waals surface area contributed by atoms with E-state index >= 15 is 0 Å². The van der Waals surface area contributed by atoms with Crippen molar-refractivity contribution in [2.24, 2.45) is 5.73 Å². The van der Waals surface area contributed by atoms with Crippen LogP contribution >= 0.6 is 12.4 Å². The molecule has 1 fully saturated rings. The van der Waals surface area contributed by atoms with Gasteiger partial charge in [0.25, 0.3) is 0 Å². The van der Waals surface area contributed by atoms with Crippen molar-refractivity contribution in [3.05, 3.63) is 60.2 Å². The van der Waals surface area contributed by atoms with Crippen LogP contribution in [-0.4, -0.2) is 25.2 Å². The van der Waals surface area contributed by atoms with E-state index < -0.39 is 0 Å². The van der Waals surface area contributed by atoms with Crippen molar-refractivity contribution in [1.82, 2.24) is 0 Å². The minimum atomic E-state index is -0.310. The summed E-state index contributed by atoms with van der Waals surface area (Å²) in [5, 5.41) is 2.87. The number of amides is 1. The van der Waals surface area contributed by atoms with Gasteiger partial charge in [-0.15, -0.1) is 12.4 Å². The van der Waals surface area contributed by atoms with E-state index in [0.717, 1.165) is 36.4 Å². The van der Waals surface area contributed by atoms with Crippen molar-refractivity contribution in [3.63, 3.8) is 0 Å². The van der Waals surface area contributed by atoms with Gasteiger partial charge in [-0.2, -0.15) is 0 Å². The molecule has 0 saturated carbocycles. The monoisotopic (exact) mass is 376 g/mol. The number of halogens is 1. The predicted molar refractivity (Wildman–Crippen MR) is 105 cm³/mol. The van der Waals surface area contributed by atoms with Crippen molar-refractivity contribution in [3.8, 4) is 5.75 Å². The molecule has 1 amide bonds. The van der Waals surface area contributed by atoms with E-state index in [1.54, 1.807) is 0 Å². The highest BCUT2D eigenvalue weighted by molar-refractivity contribution is 5.91. The van der Waals surface area contributed by atoms with Gasteiger partial charge in [0.1, 0.15) is 12.4 Å². The largest absolute Gasteiger partial charge is 0.491 e. The number of rotatable bonds is 7. The number of nitrogens with one attached hydrogen (secondary N) is 1. The Balaban J connectivity index is 0.00000243. The van der Waals surface area contributed by atoms with Gasteiger partial charge >= 0.3 is 0 Å². The van der Waals surface area contributed by atoms with Crippen LogP contribution in [-0.2, 0) is 9.53 Å². The van der Waals surface area contributed by atoms with Gasteiger partial charge in [-0.1, -0.05) is 30.3 Å². The van der Waals surface area contributed by atoms with Crippen LogP contribution in [0.3, 0.4) is 0 Å². The van der Waals surface area contributed by atoms with Crippen LogP contribution in [0.1, 0.15) is 30.9 Å². The van der Waals surface area contributed by atoms with E-state index in [-0.39, 0.29) is 36.9 Å². The lowest BCUT2D eigenvalue weighted by Crippen LogP contribution is -2.20. The highest BCUT2D eigenvalue weighted by Gasteiger charge is 2.16. The molecule has 3 rings (SSSR count). The zero-order valence-corrected chi connectivity index (χ0v) is 15.4. The molecule has 2 atom stereocenters. The maximum absolute atomic E-state index is 12.1. The summed E-state index contributed by atoms with van der Waals surface area (Å²) in [6.45, 7) is 1.39. The Morgan fingerprint density at radius 1 is 1.19 bits per heavy atom. The topological polar surface area (TPSA) is 73.6 Å². The summed E-state index contributed by atoms with van der Waals surface area (Å²) < 4.78 is 11.2. The number of ether oxygens (including phenoxy) is 2. The van der Waals surface area contributed by atoms with E-state index in [2.05, 4.69) is 5.32 Å². The first kappa shape index (κ1) is 20.2. The minimum absolute atomic E-state index is 0. The number of carbonyl (C=O) groups excluding carboxylic acids is 1. The molecular formula is C20H25ClN2O3. The van der Waals surface area contributed by atoms with E-state index in [9.17, 15) is 4.79 Å². The van der Waals surface area contributed by atoms with Crippen LogP contribution in [0.2, 0.25) is 0 Å². The molecule has 1 heterocycles. The van der Waals surface area contributed by atoms with E-state index in [1.807, 2.05) is 54.6 Å². The highest BCUT2D eigenvalue weighted by atomic mass is 35.5. The Hall–Kier alpha value is -2.08. The third-order valence-corrected chi connectivity index (χ3v) is 4.23. The van der Waals surface area contributed by atoms with E-state index in [0.29, 0.717) is 6.61 Å². The molecule has 5 nitrogen and oxygen atoms in total. The summed E-state index contributed by atoms with van der Waals surface area (Å²) in [6.07, 6.45) is 2.58. The lowest BCUT2D eigenvalue weighted by atomic mass is 10.0. The lowest BCUT2D eigenvalue weighted by Gasteiger charge is -2.13. The third-order valence-electron chi connectivity index (χ3n) is 4.23. The lowest BCUT2D eigenvalue weighted by molar-refractivity contribution is -0.116. The summed E-state index contributed by atoms with van der Waals surface area (Å²) in [4.78, 5) is 12.1. The Bertz CT molecular complexity index is 673. The van der Waals surface area contributed by atoms with Crippen molar-refractivity contribution in [2.75, 3.05) is 18.5 Å². The molecule has 6 heteroatoms. The maximum Gasteiger partial charge on any atom is 0.226 e. The van der Waals surface area contributed by atoms with Gasteiger partial charge in [-0.05, 0) is 42.7 Å². The number of carbonyl (C=O) groups is 1. The van der Waals surface area contributed by atoms with Gasteiger partial charge < -0.3 is 20.5 Å². The highest BCUT2D eigenvalue weighted by Crippen LogP contribution is 2.19. The fraction of sp³-hybridized carbons (Fsp3) is 0.350. The maximum atomic E-state index is 12.1. The molecule has 2 unspecified atom stereocenters. The number of hydrogen-bond donors (Lipinski definition) is 2. The number of hydrogen-bond acceptors (Lipinski definition) is 4. The normalized spacial score (nSPS) is 17.2. The number of benzene rings is 2. The first-order valence-electron chi connectivity index (χ1n) is 8.65. The SMILES string of the molecule is Cl.NC(CC(=O)Nc1ccc(OCC2CCCO2)cc1)c1ccccc1. The Morgan fingerprint density at radius 3 is 2.58 bits per heavy atom. The molecule has 2 aromatic carbocycles. The molecule has 1 aliphatic rings. The van der Waals surface area contributed by atoms with Crippen LogP contribution in [0.4, 0.5) is 5.69 Å².